The number of pyridine rings is 1. The van der Waals surface area contributed by atoms with Crippen LogP contribution in [0, 0.1) is 6.92 Å². The third-order valence-electron chi connectivity index (χ3n) is 6.08. The number of anilines is 2. The Morgan fingerprint density at radius 3 is 2.54 bits per heavy atom. The van der Waals surface area contributed by atoms with Crippen molar-refractivity contribution in [3.05, 3.63) is 30.1 Å². The van der Waals surface area contributed by atoms with Gasteiger partial charge in [0.05, 0.1) is 29.7 Å². The second-order valence-corrected chi connectivity index (χ2v) is 9.27. The summed E-state index contributed by atoms with van der Waals surface area (Å²) in [5.74, 6) is 0.386. The van der Waals surface area contributed by atoms with E-state index in [0.29, 0.717) is 18.8 Å². The molecule has 1 aliphatic rings. The van der Waals surface area contributed by atoms with Crippen LogP contribution in [0.3, 0.4) is 0 Å². The highest BCUT2D eigenvalue weighted by atomic mass is 19.3. The van der Waals surface area contributed by atoms with Gasteiger partial charge in [-0.3, -0.25) is 14.8 Å². The number of halogens is 3. The van der Waals surface area contributed by atoms with Crippen molar-refractivity contribution in [2.45, 2.75) is 59.2 Å². The minimum Gasteiger partial charge on any atom is -0.387 e. The molecule has 3 aromatic heterocycles. The molecule has 0 spiro atoms. The first-order valence-corrected chi connectivity index (χ1v) is 12.7. The summed E-state index contributed by atoms with van der Waals surface area (Å²) >= 11 is 0. The van der Waals surface area contributed by atoms with E-state index in [2.05, 4.69) is 25.7 Å². The highest BCUT2D eigenvalue weighted by molar-refractivity contribution is 5.88. The minimum atomic E-state index is -2.12. The zero-order chi connectivity index (χ0) is 28.7. The van der Waals surface area contributed by atoms with E-state index in [1.165, 1.54) is 11.8 Å². The van der Waals surface area contributed by atoms with Crippen LogP contribution in [-0.4, -0.2) is 86.6 Å². The van der Waals surface area contributed by atoms with Crippen molar-refractivity contribution < 1.29 is 23.1 Å². The van der Waals surface area contributed by atoms with Crippen molar-refractivity contribution in [3.63, 3.8) is 0 Å². The molecule has 4 heterocycles. The summed E-state index contributed by atoms with van der Waals surface area (Å²) in [5.41, 5.74) is 5.00. The van der Waals surface area contributed by atoms with Gasteiger partial charge in [-0.25, -0.2) is 17.7 Å². The van der Waals surface area contributed by atoms with Crippen molar-refractivity contribution in [3.8, 4) is 11.3 Å². The van der Waals surface area contributed by atoms with Crippen LogP contribution >= 0.6 is 0 Å². The van der Waals surface area contributed by atoms with Gasteiger partial charge in [-0.15, -0.1) is 5.10 Å². The van der Waals surface area contributed by atoms with E-state index in [1.54, 1.807) is 11.6 Å². The lowest BCUT2D eigenvalue weighted by atomic mass is 10.0. The van der Waals surface area contributed by atoms with Crippen molar-refractivity contribution in [2.75, 3.05) is 37.4 Å². The van der Waals surface area contributed by atoms with E-state index in [-0.39, 0.29) is 18.9 Å². The molecule has 2 unspecified atom stereocenters. The van der Waals surface area contributed by atoms with Crippen molar-refractivity contribution in [1.29, 1.82) is 0 Å². The zero-order valence-electron chi connectivity index (χ0n) is 22.7. The predicted molar refractivity (Wildman–Crippen MR) is 146 cm³/mol. The summed E-state index contributed by atoms with van der Waals surface area (Å²) in [5, 5.41) is 19.7. The fourth-order valence-electron chi connectivity index (χ4n) is 4.09. The number of nitrogens with one attached hydrogen (secondary N) is 2. The maximum Gasteiger partial charge on any atom is 0.248 e. The van der Waals surface area contributed by atoms with Crippen LogP contribution in [0.25, 0.3) is 16.8 Å². The van der Waals surface area contributed by atoms with E-state index >= 15 is 0 Å². The number of aliphatic hydroxyl groups excluding tert-OH is 1. The van der Waals surface area contributed by atoms with E-state index < -0.39 is 31.2 Å². The minimum absolute atomic E-state index is 0.0278. The fourth-order valence-corrected chi connectivity index (χ4v) is 4.09. The highest BCUT2D eigenvalue weighted by Gasteiger charge is 2.32. The van der Waals surface area contributed by atoms with E-state index in [1.807, 2.05) is 45.2 Å². The number of aliphatic hydroxyl groups is 1. The van der Waals surface area contributed by atoms with Gasteiger partial charge in [-0.2, -0.15) is 4.98 Å². The molecule has 1 fully saturated rings. The maximum absolute atomic E-state index is 14.7. The number of amides is 1. The van der Waals surface area contributed by atoms with Gasteiger partial charge in [0.1, 0.15) is 18.3 Å². The number of carbonyl (C=O) groups is 1. The van der Waals surface area contributed by atoms with Crippen LogP contribution in [0.2, 0.25) is 0 Å². The molecule has 0 aliphatic carbocycles. The molecule has 1 amide bonds. The Labute approximate surface area is 225 Å². The Balaban J connectivity index is 0.000000771. The second kappa shape index (κ2) is 13.4. The molecule has 1 aliphatic heterocycles. The largest absolute Gasteiger partial charge is 0.387 e. The number of carbonyl (C=O) groups excluding carboxylic acids is 1. The molecule has 39 heavy (non-hydrogen) atoms. The molecule has 0 radical (unpaired) electrons. The lowest BCUT2D eigenvalue weighted by molar-refractivity contribution is -0.136. The van der Waals surface area contributed by atoms with Crippen LogP contribution < -0.4 is 10.6 Å². The maximum atomic E-state index is 14.7. The van der Waals surface area contributed by atoms with Crippen LogP contribution in [0.4, 0.5) is 30.6 Å². The summed E-state index contributed by atoms with van der Waals surface area (Å²) in [6.07, 6.45) is -1.25. The van der Waals surface area contributed by atoms with Gasteiger partial charge in [0.2, 0.25) is 18.3 Å². The summed E-state index contributed by atoms with van der Waals surface area (Å²) in [7, 11) is 1.76. The molecular weight excluding hydrogens is 513 g/mol. The molecule has 4 rings (SSSR count). The third-order valence-corrected chi connectivity index (χ3v) is 6.08. The number of likely N-dealkylation sites (tertiary alicyclic amines) is 1. The predicted octanol–water partition coefficient (Wildman–Crippen LogP) is 4.26. The number of aryl methyl sites for hydroxylation is 1. The first kappa shape index (κ1) is 29.8. The van der Waals surface area contributed by atoms with Crippen LogP contribution in [-0.2, 0) is 4.79 Å². The quantitative estimate of drug-likeness (QED) is 0.378. The van der Waals surface area contributed by atoms with Crippen molar-refractivity contribution in [1.82, 2.24) is 24.5 Å². The van der Waals surface area contributed by atoms with Gasteiger partial charge in [0.25, 0.3) is 0 Å². The molecule has 0 aromatic carbocycles. The van der Waals surface area contributed by atoms with Gasteiger partial charge in [0, 0.05) is 37.5 Å². The smallest absolute Gasteiger partial charge is 0.248 e. The summed E-state index contributed by atoms with van der Waals surface area (Å²) in [4.78, 5) is 26.8. The molecule has 13 heteroatoms. The van der Waals surface area contributed by atoms with E-state index in [0.717, 1.165) is 33.9 Å². The number of aliphatic imine (C=N–C) groups is 1. The number of fused-ring (bicyclic) bond motifs is 1. The van der Waals surface area contributed by atoms with Gasteiger partial charge in [-0.05, 0) is 45.4 Å². The van der Waals surface area contributed by atoms with Gasteiger partial charge < -0.3 is 20.6 Å². The monoisotopic (exact) mass is 548 g/mol. The molecule has 1 saturated heterocycles. The number of aromatic nitrogens is 4. The normalized spacial score (nSPS) is 17.0. The summed E-state index contributed by atoms with van der Waals surface area (Å²) < 4.78 is 37.9. The second-order valence-electron chi connectivity index (χ2n) is 9.27. The fraction of sp³-hybridized carbons (Fsp3) is 0.500. The van der Waals surface area contributed by atoms with E-state index in [9.17, 15) is 18.0 Å². The Bertz CT molecular complexity index is 1310. The van der Waals surface area contributed by atoms with E-state index in [4.69, 9.17) is 10.1 Å². The molecule has 10 nitrogen and oxygen atoms in total. The number of hydrogen-bond acceptors (Lipinski definition) is 8. The number of alkyl halides is 3. The van der Waals surface area contributed by atoms with Gasteiger partial charge >= 0.3 is 0 Å². The number of rotatable bonds is 7. The average molecular weight is 549 g/mol. The molecule has 3 N–H and O–H groups in total. The Morgan fingerprint density at radius 1 is 1.26 bits per heavy atom. The number of hydrogen-bond donors (Lipinski definition) is 3. The average Bonchev–Trinajstić information content (AvgIpc) is 3.34. The lowest BCUT2D eigenvalue weighted by Gasteiger charge is -2.34. The Morgan fingerprint density at radius 2 is 1.97 bits per heavy atom. The van der Waals surface area contributed by atoms with Gasteiger partial charge in [-0.1, -0.05) is 6.92 Å². The first-order chi connectivity index (χ1) is 18.6. The highest BCUT2D eigenvalue weighted by Crippen LogP contribution is 2.31. The molecule has 3 aromatic rings. The Hall–Kier alpha value is -3.74. The Kier molecular flexibility index (Phi) is 10.2. The number of piperidine rings is 1. The SMILES string of the molecule is CCC(F)F.CNc1nc(NC2CCN(C(=O)CO)CC2F)nn2ccc(-c3ccc(N=C(C)C)c(C)n3)c12. The van der Waals surface area contributed by atoms with Crippen LogP contribution in [0.1, 0.15) is 39.3 Å². The topological polar surface area (TPSA) is 120 Å². The lowest BCUT2D eigenvalue weighted by Crippen LogP contribution is -2.50. The molecule has 212 valence electrons. The van der Waals surface area contributed by atoms with Crippen molar-refractivity contribution >= 4 is 34.6 Å². The molecule has 0 saturated carbocycles. The van der Waals surface area contributed by atoms with Gasteiger partial charge in [0.15, 0.2) is 5.82 Å². The zero-order valence-corrected chi connectivity index (χ0v) is 22.7. The van der Waals surface area contributed by atoms with Crippen LogP contribution in [0.15, 0.2) is 29.4 Å². The molecule has 2 atom stereocenters. The third kappa shape index (κ3) is 7.43. The molecule has 0 bridgehead atoms. The summed E-state index contributed by atoms with van der Waals surface area (Å²) in [6.45, 7) is 6.93. The molecular formula is C26H35F3N8O2. The van der Waals surface area contributed by atoms with Crippen LogP contribution in [0.5, 0.6) is 0 Å². The number of nitrogens with zero attached hydrogens (tertiary/aromatic N) is 6. The van der Waals surface area contributed by atoms with Crippen molar-refractivity contribution in [2.24, 2.45) is 4.99 Å². The first-order valence-electron chi connectivity index (χ1n) is 12.7. The summed E-state index contributed by atoms with van der Waals surface area (Å²) in [6, 6.07) is 5.24. The standard InChI is InChI=1S/C23H29FN8O2.C3H6F2/c1-13(2)26-17-5-6-18(27-14(17)3)15-7-10-32-21(15)22(25-4)29-23(30-32)28-19-8-9-31(11-16(19)24)20(34)12-33;1-2-3(4)5/h5-7,10,16,19,33H,8-9,11-12H2,1-4H3,(H2,25,28,29,30);3H,2H2,1H3.